The zero-order valence-corrected chi connectivity index (χ0v) is 36.9. The van der Waals surface area contributed by atoms with Crippen LogP contribution in [0.4, 0.5) is 0 Å². The Morgan fingerprint density at radius 1 is 0.299 bits per heavy atom. The van der Waals surface area contributed by atoms with Crippen molar-refractivity contribution in [1.82, 2.24) is 19.9 Å². The number of benzene rings is 8. The highest BCUT2D eigenvalue weighted by molar-refractivity contribution is 5.91. The second-order valence-corrected chi connectivity index (χ2v) is 17.5. The molecule has 0 bridgehead atoms. The highest BCUT2D eigenvalue weighted by atomic mass is 16.5. The summed E-state index contributed by atoms with van der Waals surface area (Å²) in [6.07, 6.45) is 9.42. The van der Waals surface area contributed by atoms with E-state index in [0.717, 1.165) is 55.8 Å². The minimum atomic E-state index is -0.143. The van der Waals surface area contributed by atoms with Crippen molar-refractivity contribution in [1.29, 1.82) is 0 Å². The fourth-order valence-corrected chi connectivity index (χ4v) is 10.2. The van der Waals surface area contributed by atoms with Crippen molar-refractivity contribution in [3.63, 3.8) is 0 Å². The zero-order chi connectivity index (χ0) is 44.5. The number of H-pyrrole nitrogens is 4. The number of rotatable bonds is 14. The lowest BCUT2D eigenvalue weighted by Gasteiger charge is -2.23. The normalized spacial score (nSPS) is 11.7. The number of nitrogens with one attached hydrogen (secondary N) is 4. The van der Waals surface area contributed by atoms with E-state index >= 15 is 0 Å². The first kappa shape index (κ1) is 40.1. The van der Waals surface area contributed by atoms with Gasteiger partial charge in [0, 0.05) is 91.4 Å². The molecular weight excluding hydrogens is 821 g/mol. The summed E-state index contributed by atoms with van der Waals surface area (Å²) in [5.74, 6) is 1.43. The highest BCUT2D eigenvalue weighted by Gasteiger charge is 2.29. The topological polar surface area (TPSA) is 81.6 Å². The summed E-state index contributed by atoms with van der Waals surface area (Å²) in [6, 6.07) is 68.8. The minimum Gasteiger partial charge on any atom is -0.489 e. The summed E-state index contributed by atoms with van der Waals surface area (Å²) in [7, 11) is 0. The molecule has 12 aromatic rings. The summed E-state index contributed by atoms with van der Waals surface area (Å²) in [5, 5.41) is 4.75. The molecule has 0 atom stereocenters. The fraction of sp³-hybridized carbons (Fsp3) is 0.0820. The maximum Gasteiger partial charge on any atom is 0.123 e. The summed E-state index contributed by atoms with van der Waals surface area (Å²) in [4.78, 5) is 14.4. The van der Waals surface area contributed by atoms with Crippen molar-refractivity contribution in [2.45, 2.75) is 31.5 Å². The molecule has 324 valence electrons. The van der Waals surface area contributed by atoms with E-state index in [1.165, 1.54) is 54.9 Å². The Labute approximate surface area is 388 Å². The molecule has 6 nitrogen and oxygen atoms in total. The Hall–Kier alpha value is -8.48. The molecule has 0 unspecified atom stereocenters. The molecule has 0 saturated heterocycles. The van der Waals surface area contributed by atoms with Crippen LogP contribution in [0.3, 0.4) is 0 Å². The van der Waals surface area contributed by atoms with Gasteiger partial charge in [-0.3, -0.25) is 0 Å². The molecule has 0 fully saturated rings. The molecule has 0 saturated carbocycles. The molecule has 0 radical (unpaired) electrons. The van der Waals surface area contributed by atoms with Crippen LogP contribution in [0.25, 0.3) is 43.6 Å². The van der Waals surface area contributed by atoms with Gasteiger partial charge in [0.05, 0.1) is 0 Å². The van der Waals surface area contributed by atoms with Gasteiger partial charge in [0.25, 0.3) is 0 Å². The third-order valence-electron chi connectivity index (χ3n) is 13.4. The van der Waals surface area contributed by atoms with Gasteiger partial charge in [0.2, 0.25) is 0 Å². The van der Waals surface area contributed by atoms with Gasteiger partial charge in [-0.2, -0.15) is 0 Å². The maximum atomic E-state index is 6.87. The van der Waals surface area contributed by atoms with Crippen molar-refractivity contribution >= 4 is 43.6 Å². The maximum absolute atomic E-state index is 6.87. The fourth-order valence-electron chi connectivity index (χ4n) is 10.2. The second kappa shape index (κ2) is 17.5. The Morgan fingerprint density at radius 2 is 0.612 bits per heavy atom. The Bertz CT molecular complexity index is 3260. The predicted molar refractivity (Wildman–Crippen MR) is 272 cm³/mol. The summed E-state index contributed by atoms with van der Waals surface area (Å²) < 4.78 is 13.7. The van der Waals surface area contributed by atoms with Crippen LogP contribution in [0, 0.1) is 0 Å². The molecule has 12 rings (SSSR count). The van der Waals surface area contributed by atoms with Crippen LogP contribution in [-0.4, -0.2) is 19.9 Å². The van der Waals surface area contributed by atoms with Crippen molar-refractivity contribution in [3.8, 4) is 11.5 Å². The van der Waals surface area contributed by atoms with E-state index in [9.17, 15) is 0 Å². The molecule has 4 aromatic heterocycles. The lowest BCUT2D eigenvalue weighted by Crippen LogP contribution is -2.08. The number of ether oxygens (including phenoxy) is 2. The van der Waals surface area contributed by atoms with Crippen molar-refractivity contribution in [3.05, 3.63) is 275 Å². The Morgan fingerprint density at radius 3 is 0.955 bits per heavy atom. The first-order chi connectivity index (χ1) is 33.2. The third kappa shape index (κ3) is 7.72. The quantitative estimate of drug-likeness (QED) is 0.0878. The van der Waals surface area contributed by atoms with Crippen LogP contribution in [-0.2, 0) is 19.6 Å². The second-order valence-electron chi connectivity index (χ2n) is 17.5. The largest absolute Gasteiger partial charge is 0.489 e. The van der Waals surface area contributed by atoms with E-state index in [-0.39, 0.29) is 11.8 Å². The van der Waals surface area contributed by atoms with Crippen LogP contribution in [0.1, 0.15) is 67.5 Å². The monoisotopic (exact) mass is 868 g/mol. The lowest BCUT2D eigenvalue weighted by atomic mass is 9.82. The molecule has 0 amide bonds. The molecule has 0 aliphatic carbocycles. The molecule has 0 aliphatic heterocycles. The summed E-state index contributed by atoms with van der Waals surface area (Å²) >= 11 is 0. The van der Waals surface area contributed by atoms with Gasteiger partial charge < -0.3 is 29.4 Å². The summed E-state index contributed by atoms with van der Waals surface area (Å²) in [5.41, 5.74) is 16.0. The number of aromatic nitrogens is 4. The first-order valence-electron chi connectivity index (χ1n) is 23.0. The van der Waals surface area contributed by atoms with E-state index in [2.05, 4.69) is 227 Å². The standard InChI is InChI=1S/C61H48N4O2/c1-3-15-40(16-4-1)38-66-58-29-27-42(32-48(58)60(50-34-62-54-23-11-7-19-44(50)54)51-35-63-55-24-12-8-20-45(51)55)31-43-28-30-59(67-39-41-17-5-2-6-18-41)49(33-43)61(52-36-64-56-25-13-9-21-46(52)56)53-37-65-57-26-14-10-22-47(53)57/h1-30,32-37,60-65H,31,38-39H2. The number of hydrogen-bond acceptors (Lipinski definition) is 2. The van der Waals surface area contributed by atoms with Crippen LogP contribution < -0.4 is 9.47 Å². The van der Waals surface area contributed by atoms with Crippen LogP contribution in [0.2, 0.25) is 0 Å². The van der Waals surface area contributed by atoms with Gasteiger partial charge in [-0.05, 0) is 87.3 Å². The van der Waals surface area contributed by atoms with Crippen LogP contribution in [0.15, 0.2) is 219 Å². The van der Waals surface area contributed by atoms with Gasteiger partial charge in [-0.25, -0.2) is 0 Å². The number of fused-ring (bicyclic) bond motifs is 4. The van der Waals surface area contributed by atoms with Crippen molar-refractivity contribution in [2.24, 2.45) is 0 Å². The first-order valence-corrected chi connectivity index (χ1v) is 23.0. The van der Waals surface area contributed by atoms with E-state index < -0.39 is 0 Å². The summed E-state index contributed by atoms with van der Waals surface area (Å²) in [6.45, 7) is 0.914. The number of para-hydroxylation sites is 4. The lowest BCUT2D eigenvalue weighted by molar-refractivity contribution is 0.302. The zero-order valence-electron chi connectivity index (χ0n) is 36.9. The van der Waals surface area contributed by atoms with Crippen LogP contribution in [0.5, 0.6) is 11.5 Å². The SMILES string of the molecule is c1ccc(COc2ccc(Cc3ccc(OCc4ccccc4)c(C(c4c[nH]c5ccccc45)c4c[nH]c5ccccc45)c3)cc2C(c2c[nH]c3ccccc23)c2c[nH]c3ccccc23)cc1. The van der Waals surface area contributed by atoms with Gasteiger partial charge in [-0.1, -0.05) is 158 Å². The number of hydrogen-bond donors (Lipinski definition) is 4. The van der Waals surface area contributed by atoms with Crippen LogP contribution >= 0.6 is 0 Å². The average Bonchev–Trinajstić information content (AvgIpc) is 4.21. The molecule has 6 heteroatoms. The molecular formula is C61H48N4O2. The average molecular weight is 869 g/mol. The third-order valence-corrected chi connectivity index (χ3v) is 13.4. The molecule has 0 spiro atoms. The van der Waals surface area contributed by atoms with Crippen molar-refractivity contribution < 1.29 is 9.47 Å². The Kier molecular flexibility index (Phi) is 10.5. The number of aromatic amines is 4. The highest BCUT2D eigenvalue weighted by Crippen LogP contribution is 2.46. The molecule has 0 aliphatic rings. The smallest absolute Gasteiger partial charge is 0.123 e. The molecule has 8 aromatic carbocycles. The molecule has 4 heterocycles. The minimum absolute atomic E-state index is 0.143. The van der Waals surface area contributed by atoms with Gasteiger partial charge in [0.1, 0.15) is 24.7 Å². The van der Waals surface area contributed by atoms with E-state index in [4.69, 9.17) is 9.47 Å². The van der Waals surface area contributed by atoms with Gasteiger partial charge in [-0.15, -0.1) is 0 Å². The molecule has 67 heavy (non-hydrogen) atoms. The Balaban J connectivity index is 1.02. The van der Waals surface area contributed by atoms with Gasteiger partial charge >= 0.3 is 0 Å². The van der Waals surface area contributed by atoms with E-state index in [1.807, 2.05) is 12.1 Å². The van der Waals surface area contributed by atoms with E-state index in [0.29, 0.717) is 19.6 Å². The predicted octanol–water partition coefficient (Wildman–Crippen LogP) is 14.7. The van der Waals surface area contributed by atoms with Gasteiger partial charge in [0.15, 0.2) is 0 Å². The van der Waals surface area contributed by atoms with Crippen molar-refractivity contribution in [2.75, 3.05) is 0 Å². The molecule has 4 N–H and O–H groups in total. The van der Waals surface area contributed by atoms with E-state index in [1.54, 1.807) is 0 Å².